The third kappa shape index (κ3) is 2.53. The van der Waals surface area contributed by atoms with Crippen molar-refractivity contribution in [2.45, 2.75) is 0 Å². The number of carbonyl (C=O) groups excluding carboxylic acids is 1. The summed E-state index contributed by atoms with van der Waals surface area (Å²) in [6.45, 7) is 0. The van der Waals surface area contributed by atoms with Gasteiger partial charge in [0.15, 0.2) is 0 Å². The Balaban J connectivity index is 2.23. The van der Waals surface area contributed by atoms with E-state index in [0.29, 0.717) is 5.56 Å². The molecule has 0 radical (unpaired) electrons. The van der Waals surface area contributed by atoms with Gasteiger partial charge in [0.2, 0.25) is 0 Å². The van der Waals surface area contributed by atoms with Crippen molar-refractivity contribution in [3.05, 3.63) is 53.4 Å². The van der Waals surface area contributed by atoms with E-state index in [9.17, 15) is 4.79 Å². The van der Waals surface area contributed by atoms with Crippen LogP contribution in [0.2, 0.25) is 0 Å². The van der Waals surface area contributed by atoms with Crippen molar-refractivity contribution in [1.29, 1.82) is 0 Å². The van der Waals surface area contributed by atoms with Gasteiger partial charge in [0.25, 0.3) is 5.91 Å². The van der Waals surface area contributed by atoms with E-state index in [2.05, 4.69) is 4.98 Å². The fraction of sp³-hybridized carbons (Fsp3) is 0.125. The lowest BCUT2D eigenvalue weighted by molar-refractivity contribution is -0.0755. The first-order valence-electron chi connectivity index (χ1n) is 6.46. The number of para-hydroxylation sites is 1. The summed E-state index contributed by atoms with van der Waals surface area (Å²) >= 11 is 1.60. The highest BCUT2D eigenvalue weighted by Crippen LogP contribution is 2.28. The SMILES string of the molecule is CON(C)C(=O)c1cc(-c2cccs2)nc2ccccc12. The van der Waals surface area contributed by atoms with Gasteiger partial charge in [-0.3, -0.25) is 9.63 Å². The Morgan fingerprint density at radius 3 is 2.76 bits per heavy atom. The second kappa shape index (κ2) is 5.63. The number of hydroxylamine groups is 2. The Kier molecular flexibility index (Phi) is 3.68. The van der Waals surface area contributed by atoms with Crippen LogP contribution in [0.4, 0.5) is 0 Å². The molecule has 0 N–H and O–H groups in total. The number of fused-ring (bicyclic) bond motifs is 1. The Morgan fingerprint density at radius 1 is 1.24 bits per heavy atom. The monoisotopic (exact) mass is 298 g/mol. The van der Waals surface area contributed by atoms with Crippen LogP contribution in [0.1, 0.15) is 10.4 Å². The van der Waals surface area contributed by atoms with E-state index in [4.69, 9.17) is 4.84 Å². The number of hydrogen-bond acceptors (Lipinski definition) is 4. The van der Waals surface area contributed by atoms with Crippen LogP contribution in [0.25, 0.3) is 21.5 Å². The van der Waals surface area contributed by atoms with Gasteiger partial charge in [-0.1, -0.05) is 24.3 Å². The molecule has 0 atom stereocenters. The predicted molar refractivity (Wildman–Crippen MR) is 84.2 cm³/mol. The maximum atomic E-state index is 12.5. The lowest BCUT2D eigenvalue weighted by Crippen LogP contribution is -2.25. The summed E-state index contributed by atoms with van der Waals surface area (Å²) in [5, 5.41) is 4.04. The van der Waals surface area contributed by atoms with E-state index in [1.807, 2.05) is 47.8 Å². The zero-order valence-corrected chi connectivity index (χ0v) is 12.6. The fourth-order valence-electron chi connectivity index (χ4n) is 2.16. The summed E-state index contributed by atoms with van der Waals surface area (Å²) in [5.74, 6) is -0.186. The lowest BCUT2D eigenvalue weighted by atomic mass is 10.1. The number of thiophene rings is 1. The molecule has 3 aromatic rings. The number of rotatable bonds is 3. The van der Waals surface area contributed by atoms with Gasteiger partial charge in [0.1, 0.15) is 0 Å². The first kappa shape index (κ1) is 13.7. The van der Waals surface area contributed by atoms with Gasteiger partial charge in [-0.15, -0.1) is 11.3 Å². The molecule has 1 aromatic carbocycles. The summed E-state index contributed by atoms with van der Waals surface area (Å²) in [7, 11) is 3.07. The molecule has 4 nitrogen and oxygen atoms in total. The second-order valence-corrected chi connectivity index (χ2v) is 5.48. The molecule has 3 rings (SSSR count). The van der Waals surface area contributed by atoms with Crippen LogP contribution >= 0.6 is 11.3 Å². The maximum absolute atomic E-state index is 12.5. The molecule has 0 aliphatic heterocycles. The van der Waals surface area contributed by atoms with Gasteiger partial charge in [-0.2, -0.15) is 0 Å². The van der Waals surface area contributed by atoms with Gasteiger partial charge in [-0.25, -0.2) is 10.0 Å². The average molecular weight is 298 g/mol. The molecule has 0 aliphatic rings. The fourth-order valence-corrected chi connectivity index (χ4v) is 2.84. The summed E-state index contributed by atoms with van der Waals surface area (Å²) < 4.78 is 0. The molecule has 0 bridgehead atoms. The van der Waals surface area contributed by atoms with Crippen LogP contribution in [0.5, 0.6) is 0 Å². The molecule has 0 unspecified atom stereocenters. The van der Waals surface area contributed by atoms with Crippen molar-refractivity contribution >= 4 is 28.1 Å². The van der Waals surface area contributed by atoms with E-state index in [1.165, 1.54) is 12.2 Å². The quantitative estimate of drug-likeness (QED) is 0.694. The number of aromatic nitrogens is 1. The molecule has 106 valence electrons. The predicted octanol–water partition coefficient (Wildman–Crippen LogP) is 3.60. The highest BCUT2D eigenvalue weighted by Gasteiger charge is 2.17. The summed E-state index contributed by atoms with van der Waals surface area (Å²) in [6.07, 6.45) is 0. The van der Waals surface area contributed by atoms with E-state index in [-0.39, 0.29) is 5.91 Å². The van der Waals surface area contributed by atoms with Crippen molar-refractivity contribution in [3.8, 4) is 10.6 Å². The third-order valence-electron chi connectivity index (χ3n) is 3.28. The summed E-state index contributed by atoms with van der Waals surface area (Å²) in [5.41, 5.74) is 2.20. The minimum atomic E-state index is -0.186. The molecule has 2 heterocycles. The number of amides is 1. The van der Waals surface area contributed by atoms with Crippen LogP contribution in [0.3, 0.4) is 0 Å². The third-order valence-corrected chi connectivity index (χ3v) is 4.17. The smallest absolute Gasteiger partial charge is 0.274 e. The molecule has 1 amide bonds. The van der Waals surface area contributed by atoms with Crippen molar-refractivity contribution in [3.63, 3.8) is 0 Å². The number of carbonyl (C=O) groups is 1. The standard InChI is InChI=1S/C16H14N2O2S/c1-18(20-2)16(19)12-10-14(15-8-5-9-21-15)17-13-7-4-3-6-11(12)13/h3-10H,1-2H3. The Bertz CT molecular complexity index is 784. The molecule has 0 saturated carbocycles. The van der Waals surface area contributed by atoms with Crippen molar-refractivity contribution < 1.29 is 9.63 Å². The maximum Gasteiger partial charge on any atom is 0.277 e. The Morgan fingerprint density at radius 2 is 2.05 bits per heavy atom. The van der Waals surface area contributed by atoms with Crippen molar-refractivity contribution in [1.82, 2.24) is 10.0 Å². The van der Waals surface area contributed by atoms with E-state index in [0.717, 1.165) is 21.5 Å². The normalized spacial score (nSPS) is 10.8. The van der Waals surface area contributed by atoms with Crippen LogP contribution in [0, 0.1) is 0 Å². The van der Waals surface area contributed by atoms with Gasteiger partial charge in [-0.05, 0) is 23.6 Å². The highest BCUT2D eigenvalue weighted by molar-refractivity contribution is 7.13. The Hall–Kier alpha value is -2.24. The lowest BCUT2D eigenvalue weighted by Gasteiger charge is -2.15. The summed E-state index contributed by atoms with van der Waals surface area (Å²) in [6, 6.07) is 13.4. The number of hydrogen-bond donors (Lipinski definition) is 0. The molecular weight excluding hydrogens is 284 g/mol. The second-order valence-electron chi connectivity index (χ2n) is 4.53. The zero-order chi connectivity index (χ0) is 14.8. The molecular formula is C16H14N2O2S. The van der Waals surface area contributed by atoms with Gasteiger partial charge < -0.3 is 0 Å². The van der Waals surface area contributed by atoms with E-state index < -0.39 is 0 Å². The minimum absolute atomic E-state index is 0.186. The number of pyridine rings is 1. The zero-order valence-electron chi connectivity index (χ0n) is 11.7. The number of benzene rings is 1. The molecule has 0 spiro atoms. The van der Waals surface area contributed by atoms with Crippen LogP contribution < -0.4 is 0 Å². The van der Waals surface area contributed by atoms with E-state index in [1.54, 1.807) is 18.4 Å². The average Bonchev–Trinajstić information content (AvgIpc) is 3.06. The minimum Gasteiger partial charge on any atom is -0.274 e. The Labute approximate surface area is 126 Å². The summed E-state index contributed by atoms with van der Waals surface area (Å²) in [4.78, 5) is 23.2. The van der Waals surface area contributed by atoms with Gasteiger partial charge in [0, 0.05) is 12.4 Å². The van der Waals surface area contributed by atoms with Crippen molar-refractivity contribution in [2.24, 2.45) is 0 Å². The molecule has 5 heteroatoms. The molecule has 0 aliphatic carbocycles. The molecule has 2 aromatic heterocycles. The topological polar surface area (TPSA) is 42.4 Å². The van der Waals surface area contributed by atoms with E-state index >= 15 is 0 Å². The molecule has 21 heavy (non-hydrogen) atoms. The first-order valence-corrected chi connectivity index (χ1v) is 7.34. The van der Waals surface area contributed by atoms with Crippen LogP contribution in [-0.4, -0.2) is 30.1 Å². The van der Waals surface area contributed by atoms with Crippen LogP contribution in [-0.2, 0) is 4.84 Å². The highest BCUT2D eigenvalue weighted by atomic mass is 32.1. The molecule has 0 saturated heterocycles. The van der Waals surface area contributed by atoms with Crippen LogP contribution in [0.15, 0.2) is 47.8 Å². The molecule has 0 fully saturated rings. The first-order chi connectivity index (χ1) is 10.2. The van der Waals surface area contributed by atoms with Crippen molar-refractivity contribution in [2.75, 3.05) is 14.2 Å². The largest absolute Gasteiger partial charge is 0.277 e. The number of nitrogens with zero attached hydrogens (tertiary/aromatic N) is 2. The van der Waals surface area contributed by atoms with Gasteiger partial charge in [0.05, 0.1) is 28.8 Å². The van der Waals surface area contributed by atoms with Gasteiger partial charge >= 0.3 is 0 Å².